The average molecular weight is 345 g/mol. The third kappa shape index (κ3) is 3.47. The molecule has 1 atom stereocenters. The van der Waals surface area contributed by atoms with Crippen LogP contribution in [-0.2, 0) is 14.3 Å². The van der Waals surface area contributed by atoms with E-state index in [-0.39, 0.29) is 17.8 Å². The highest BCUT2D eigenvalue weighted by atomic mass is 19.1. The first-order chi connectivity index (χ1) is 11.8. The predicted octanol–water partition coefficient (Wildman–Crippen LogP) is 3.22. The molecule has 1 aliphatic heterocycles. The van der Waals surface area contributed by atoms with Gasteiger partial charge in [-0.25, -0.2) is 14.0 Å². The Hall–Kier alpha value is -2.89. The molecule has 0 saturated carbocycles. The molecule has 0 aromatic heterocycles. The van der Waals surface area contributed by atoms with Gasteiger partial charge in [0.1, 0.15) is 12.4 Å². The molecular weight excluding hydrogens is 325 g/mol. The first-order valence-electron chi connectivity index (χ1n) is 7.71. The van der Waals surface area contributed by atoms with Crippen molar-refractivity contribution in [3.63, 3.8) is 0 Å². The van der Waals surface area contributed by atoms with Gasteiger partial charge in [-0.1, -0.05) is 24.8 Å². The number of carbonyl (C=O) groups excluding carboxylic acids is 1. The molecule has 0 radical (unpaired) electrons. The van der Waals surface area contributed by atoms with Crippen LogP contribution in [0, 0.1) is 5.82 Å². The van der Waals surface area contributed by atoms with Gasteiger partial charge < -0.3 is 14.7 Å². The Morgan fingerprint density at radius 1 is 1.32 bits per heavy atom. The molecule has 0 aliphatic carbocycles. The number of esters is 1. The molecular formula is C19H20FNO4. The van der Waals surface area contributed by atoms with Gasteiger partial charge in [-0.15, -0.1) is 0 Å². The Morgan fingerprint density at radius 2 is 1.96 bits per heavy atom. The third-order valence-electron chi connectivity index (χ3n) is 4.33. The summed E-state index contributed by atoms with van der Waals surface area (Å²) in [5, 5.41) is 9.72. The van der Waals surface area contributed by atoms with Crippen LogP contribution in [0.25, 0.3) is 0 Å². The average Bonchev–Trinajstić information content (AvgIpc) is 2.56. The molecule has 6 heteroatoms. The highest BCUT2D eigenvalue weighted by Gasteiger charge is 2.39. The number of allylic oxidation sites excluding steroid dienone is 2. The van der Waals surface area contributed by atoms with Crippen molar-refractivity contribution in [2.75, 3.05) is 13.7 Å². The predicted molar refractivity (Wildman–Crippen MR) is 91.1 cm³/mol. The van der Waals surface area contributed by atoms with Gasteiger partial charge in [0.05, 0.1) is 17.1 Å². The molecule has 1 heterocycles. The smallest absolute Gasteiger partial charge is 0.337 e. The van der Waals surface area contributed by atoms with E-state index >= 15 is 0 Å². The fourth-order valence-electron chi connectivity index (χ4n) is 2.95. The molecule has 1 aromatic rings. The lowest BCUT2D eigenvalue weighted by atomic mass is 9.80. The number of rotatable bonds is 5. The van der Waals surface area contributed by atoms with E-state index in [2.05, 4.69) is 6.58 Å². The highest BCUT2D eigenvalue weighted by molar-refractivity contribution is 5.99. The zero-order valence-corrected chi connectivity index (χ0v) is 14.4. The van der Waals surface area contributed by atoms with Gasteiger partial charge in [-0.05, 0) is 31.5 Å². The van der Waals surface area contributed by atoms with Crippen molar-refractivity contribution in [3.8, 4) is 0 Å². The van der Waals surface area contributed by atoms with Crippen molar-refractivity contribution in [3.05, 3.63) is 70.8 Å². The van der Waals surface area contributed by atoms with Gasteiger partial charge in [0, 0.05) is 18.4 Å². The summed E-state index contributed by atoms with van der Waals surface area (Å²) >= 11 is 0. The van der Waals surface area contributed by atoms with Crippen molar-refractivity contribution < 1.29 is 23.8 Å². The Bertz CT molecular complexity index is 794. The molecule has 1 N–H and O–H groups in total. The lowest BCUT2D eigenvalue weighted by Gasteiger charge is -2.35. The third-order valence-corrected chi connectivity index (χ3v) is 4.33. The summed E-state index contributed by atoms with van der Waals surface area (Å²) in [6.45, 7) is 6.86. The summed E-state index contributed by atoms with van der Waals surface area (Å²) in [7, 11) is 1.68. The van der Waals surface area contributed by atoms with Crippen molar-refractivity contribution >= 4 is 11.9 Å². The molecule has 0 spiro atoms. The molecule has 2 rings (SSSR count). The molecule has 0 amide bonds. The molecule has 0 fully saturated rings. The number of ether oxygens (including phenoxy) is 1. The van der Waals surface area contributed by atoms with Crippen LogP contribution < -0.4 is 0 Å². The zero-order valence-electron chi connectivity index (χ0n) is 14.4. The van der Waals surface area contributed by atoms with E-state index in [9.17, 15) is 19.1 Å². The first-order valence-corrected chi connectivity index (χ1v) is 7.71. The molecule has 0 saturated heterocycles. The van der Waals surface area contributed by atoms with Crippen LogP contribution >= 0.6 is 0 Å². The van der Waals surface area contributed by atoms with Crippen LogP contribution in [0.15, 0.2) is 59.5 Å². The van der Waals surface area contributed by atoms with E-state index in [1.54, 1.807) is 31.9 Å². The Kier molecular flexibility index (Phi) is 5.41. The number of nitrogens with zero attached hydrogens (tertiary/aromatic N) is 1. The van der Waals surface area contributed by atoms with E-state index in [1.165, 1.54) is 24.3 Å². The summed E-state index contributed by atoms with van der Waals surface area (Å²) < 4.78 is 18.9. The lowest BCUT2D eigenvalue weighted by molar-refractivity contribution is -0.138. The second-order valence-electron chi connectivity index (χ2n) is 5.74. The highest BCUT2D eigenvalue weighted by Crippen LogP contribution is 2.41. The van der Waals surface area contributed by atoms with Crippen molar-refractivity contribution in [2.45, 2.75) is 19.8 Å². The molecule has 1 aromatic carbocycles. The van der Waals surface area contributed by atoms with E-state index in [0.717, 1.165) is 0 Å². The Morgan fingerprint density at radius 3 is 2.52 bits per heavy atom. The summed E-state index contributed by atoms with van der Waals surface area (Å²) in [5.74, 6) is -3.23. The van der Waals surface area contributed by atoms with Gasteiger partial charge in [0.2, 0.25) is 0 Å². The largest absolute Gasteiger partial charge is 0.478 e. The second-order valence-corrected chi connectivity index (χ2v) is 5.74. The van der Waals surface area contributed by atoms with Crippen LogP contribution in [0.2, 0.25) is 0 Å². The number of halogens is 1. The Labute approximate surface area is 145 Å². The van der Waals surface area contributed by atoms with E-state index in [4.69, 9.17) is 4.74 Å². The van der Waals surface area contributed by atoms with Crippen molar-refractivity contribution in [1.29, 1.82) is 0 Å². The van der Waals surface area contributed by atoms with Crippen LogP contribution in [0.1, 0.15) is 25.3 Å². The van der Waals surface area contributed by atoms with E-state index in [1.807, 2.05) is 0 Å². The van der Waals surface area contributed by atoms with E-state index in [0.29, 0.717) is 17.0 Å². The van der Waals surface area contributed by atoms with E-state index < -0.39 is 23.7 Å². The van der Waals surface area contributed by atoms with Crippen LogP contribution in [-0.4, -0.2) is 35.6 Å². The maximum atomic E-state index is 13.7. The van der Waals surface area contributed by atoms with Crippen LogP contribution in [0.4, 0.5) is 4.39 Å². The molecule has 5 nitrogen and oxygen atoms in total. The quantitative estimate of drug-likeness (QED) is 0.656. The maximum Gasteiger partial charge on any atom is 0.337 e. The minimum Gasteiger partial charge on any atom is -0.478 e. The number of carbonyl (C=O) groups is 2. The molecule has 0 bridgehead atoms. The molecule has 25 heavy (non-hydrogen) atoms. The second kappa shape index (κ2) is 7.34. The van der Waals surface area contributed by atoms with Gasteiger partial charge in [0.15, 0.2) is 0 Å². The van der Waals surface area contributed by atoms with Crippen LogP contribution in [0.5, 0.6) is 0 Å². The number of benzene rings is 1. The van der Waals surface area contributed by atoms with Gasteiger partial charge in [-0.3, -0.25) is 0 Å². The number of carboxylic acid groups (broad SMARTS) is 1. The van der Waals surface area contributed by atoms with Gasteiger partial charge >= 0.3 is 11.9 Å². The minimum absolute atomic E-state index is 0.000297. The van der Waals surface area contributed by atoms with Gasteiger partial charge in [0.25, 0.3) is 0 Å². The summed E-state index contributed by atoms with van der Waals surface area (Å²) in [4.78, 5) is 26.1. The first kappa shape index (κ1) is 18.4. The Balaban J connectivity index is 2.69. The summed E-state index contributed by atoms with van der Waals surface area (Å²) in [5.41, 5.74) is 1.63. The number of hydrogen-bond donors (Lipinski definition) is 1. The van der Waals surface area contributed by atoms with Crippen molar-refractivity contribution in [1.82, 2.24) is 4.90 Å². The number of hydrogen-bond acceptors (Lipinski definition) is 4. The fourth-order valence-corrected chi connectivity index (χ4v) is 2.95. The standard InChI is InChI=1S/C19H20FNO4/c1-5-9-25-19(24)16-12(3)21(4)11(2)15(18(22)23)17(16)13-7-6-8-14(20)10-13/h5-8,10,17H,1,9H2,2-4H3,(H,22,23). The molecule has 132 valence electrons. The van der Waals surface area contributed by atoms with Crippen molar-refractivity contribution in [2.24, 2.45) is 0 Å². The number of carboxylic acids is 1. The summed E-state index contributed by atoms with van der Waals surface area (Å²) in [6, 6.07) is 5.59. The normalized spacial score (nSPS) is 17.6. The summed E-state index contributed by atoms with van der Waals surface area (Å²) in [6.07, 6.45) is 1.43. The molecule has 1 aliphatic rings. The SMILES string of the molecule is C=CCOC(=O)C1=C(C)N(C)C(C)=C(C(=O)O)C1c1cccc(F)c1. The monoisotopic (exact) mass is 345 g/mol. The fraction of sp³-hybridized carbons (Fsp3) is 0.263. The molecule has 1 unspecified atom stereocenters. The topological polar surface area (TPSA) is 66.8 Å². The van der Waals surface area contributed by atoms with Gasteiger partial charge in [-0.2, -0.15) is 0 Å². The zero-order chi connectivity index (χ0) is 18.7. The maximum absolute atomic E-state index is 13.7. The van der Waals surface area contributed by atoms with Crippen LogP contribution in [0.3, 0.4) is 0 Å². The lowest BCUT2D eigenvalue weighted by Crippen LogP contribution is -2.33. The minimum atomic E-state index is -1.17. The number of aliphatic carboxylic acids is 1.